The van der Waals surface area contributed by atoms with Gasteiger partial charge in [-0.3, -0.25) is 0 Å². The van der Waals surface area contributed by atoms with Crippen LogP contribution in [0.4, 0.5) is 17.1 Å². The SMILES string of the molecule is C/C=C\c1c(C)c(N(c2ccc3c(c2)C(C)(C)c2ccccc2-3)c2cccc3c2SC2=CC=CCC23)cc2c1CCC=C2. The number of thioether (sulfide) groups is 1. The van der Waals surface area contributed by atoms with Gasteiger partial charge in [0.2, 0.25) is 0 Å². The Bertz CT molecular complexity index is 1930. The molecule has 0 fully saturated rings. The fraction of sp³-hybridized carbons (Fsp3) is 0.220. The summed E-state index contributed by atoms with van der Waals surface area (Å²) in [6, 6.07) is 25.6. The van der Waals surface area contributed by atoms with Gasteiger partial charge in [-0.2, -0.15) is 0 Å². The van der Waals surface area contributed by atoms with Gasteiger partial charge in [-0.05, 0) is 112 Å². The Kier molecular flexibility index (Phi) is 6.21. The molecule has 0 saturated carbocycles. The maximum absolute atomic E-state index is 2.57. The highest BCUT2D eigenvalue weighted by molar-refractivity contribution is 8.03. The van der Waals surface area contributed by atoms with E-state index in [1.54, 1.807) is 0 Å². The van der Waals surface area contributed by atoms with Gasteiger partial charge in [0.25, 0.3) is 0 Å². The summed E-state index contributed by atoms with van der Waals surface area (Å²) in [6.07, 6.45) is 19.3. The molecule has 212 valence electrons. The molecule has 1 atom stereocenters. The Morgan fingerprint density at radius 1 is 0.907 bits per heavy atom. The first kappa shape index (κ1) is 26.6. The molecule has 8 rings (SSSR count). The minimum atomic E-state index is -0.0594. The van der Waals surface area contributed by atoms with Crippen LogP contribution in [0.1, 0.15) is 78.5 Å². The fourth-order valence-corrected chi connectivity index (χ4v) is 9.15. The quantitative estimate of drug-likeness (QED) is 0.238. The van der Waals surface area contributed by atoms with E-state index in [-0.39, 0.29) is 5.41 Å². The minimum Gasteiger partial charge on any atom is -0.309 e. The monoisotopic (exact) mass is 575 g/mol. The molecule has 4 aromatic rings. The van der Waals surface area contributed by atoms with Crippen LogP contribution >= 0.6 is 11.8 Å². The molecule has 3 aliphatic carbocycles. The van der Waals surface area contributed by atoms with Crippen LogP contribution in [0.5, 0.6) is 0 Å². The van der Waals surface area contributed by atoms with Crippen molar-refractivity contribution in [2.75, 3.05) is 4.90 Å². The standard InChI is InChI=1S/C41H37NS/c1-5-13-29-26(2)38(24-27-14-6-7-15-30(27)29)42(37-20-12-18-34-33-17-9-11-21-39(33)43-40(34)37)28-22-23-32-31-16-8-10-19-35(31)41(3,4)36(32)25-28/h5-6,8-14,16,18-25,33H,7,15,17H2,1-4H3/b13-5-. The first-order chi connectivity index (χ1) is 21.0. The molecular formula is C41H37NS. The molecule has 4 aromatic carbocycles. The average molecular weight is 576 g/mol. The van der Waals surface area contributed by atoms with Crippen LogP contribution in [-0.2, 0) is 11.8 Å². The van der Waals surface area contributed by atoms with Crippen molar-refractivity contribution in [1.82, 2.24) is 0 Å². The lowest BCUT2D eigenvalue weighted by atomic mass is 9.82. The highest BCUT2D eigenvalue weighted by Crippen LogP contribution is 2.57. The van der Waals surface area contributed by atoms with E-state index in [1.165, 1.54) is 76.9 Å². The van der Waals surface area contributed by atoms with Gasteiger partial charge in [0.15, 0.2) is 0 Å². The van der Waals surface area contributed by atoms with Crippen molar-refractivity contribution in [2.24, 2.45) is 0 Å². The van der Waals surface area contributed by atoms with E-state index in [1.807, 2.05) is 11.8 Å². The van der Waals surface area contributed by atoms with E-state index in [2.05, 4.69) is 142 Å². The van der Waals surface area contributed by atoms with Crippen LogP contribution in [0.25, 0.3) is 23.3 Å². The van der Waals surface area contributed by atoms with Crippen molar-refractivity contribution >= 4 is 41.0 Å². The van der Waals surface area contributed by atoms with Crippen LogP contribution in [-0.4, -0.2) is 0 Å². The molecule has 0 saturated heterocycles. The maximum atomic E-state index is 2.57. The smallest absolute Gasteiger partial charge is 0.0604 e. The van der Waals surface area contributed by atoms with Gasteiger partial charge < -0.3 is 4.90 Å². The van der Waals surface area contributed by atoms with Crippen LogP contribution in [0.3, 0.4) is 0 Å². The number of anilines is 3. The molecule has 1 aliphatic heterocycles. The molecule has 43 heavy (non-hydrogen) atoms. The Morgan fingerprint density at radius 3 is 2.65 bits per heavy atom. The summed E-state index contributed by atoms with van der Waals surface area (Å²) >= 11 is 1.97. The van der Waals surface area contributed by atoms with Crippen molar-refractivity contribution in [1.29, 1.82) is 0 Å². The number of allylic oxidation sites excluding steroid dienone is 6. The van der Waals surface area contributed by atoms with E-state index < -0.39 is 0 Å². The van der Waals surface area contributed by atoms with Gasteiger partial charge in [0.1, 0.15) is 0 Å². The van der Waals surface area contributed by atoms with Crippen LogP contribution < -0.4 is 4.90 Å². The molecule has 0 amide bonds. The summed E-state index contributed by atoms with van der Waals surface area (Å²) in [5.74, 6) is 0.464. The zero-order valence-corrected chi connectivity index (χ0v) is 26.3. The first-order valence-corrected chi connectivity index (χ1v) is 16.5. The number of benzene rings is 4. The van der Waals surface area contributed by atoms with Gasteiger partial charge in [0.05, 0.1) is 11.4 Å². The number of rotatable bonds is 4. The summed E-state index contributed by atoms with van der Waals surface area (Å²) in [6.45, 7) is 9.22. The number of nitrogens with zero attached hydrogens (tertiary/aromatic N) is 1. The predicted octanol–water partition coefficient (Wildman–Crippen LogP) is 11.8. The lowest BCUT2D eigenvalue weighted by molar-refractivity contribution is 0.660. The number of fused-ring (bicyclic) bond motifs is 7. The van der Waals surface area contributed by atoms with Gasteiger partial charge >= 0.3 is 0 Å². The summed E-state index contributed by atoms with van der Waals surface area (Å²) < 4.78 is 0. The van der Waals surface area contributed by atoms with Crippen molar-refractivity contribution in [3.63, 3.8) is 0 Å². The van der Waals surface area contributed by atoms with Gasteiger partial charge in [-0.25, -0.2) is 0 Å². The highest BCUT2D eigenvalue weighted by atomic mass is 32.2. The first-order valence-electron chi connectivity index (χ1n) is 15.6. The van der Waals surface area contributed by atoms with E-state index >= 15 is 0 Å². The topological polar surface area (TPSA) is 3.24 Å². The Labute approximate surface area is 260 Å². The second-order valence-corrected chi connectivity index (χ2v) is 13.8. The summed E-state index contributed by atoms with van der Waals surface area (Å²) in [5.41, 5.74) is 16.3. The molecule has 1 unspecified atom stereocenters. The molecule has 1 heterocycles. The summed E-state index contributed by atoms with van der Waals surface area (Å²) in [5, 5.41) is 0. The number of hydrogen-bond acceptors (Lipinski definition) is 2. The van der Waals surface area contributed by atoms with Crippen LogP contribution in [0.15, 0.2) is 107 Å². The minimum absolute atomic E-state index is 0.0594. The molecule has 4 aliphatic rings. The molecule has 2 heteroatoms. The molecule has 0 spiro atoms. The van der Waals surface area contributed by atoms with Crippen molar-refractivity contribution in [3.8, 4) is 11.1 Å². The Morgan fingerprint density at radius 2 is 1.77 bits per heavy atom. The van der Waals surface area contributed by atoms with Crippen molar-refractivity contribution in [3.05, 3.63) is 141 Å². The Balaban J connectivity index is 1.39. The third kappa shape index (κ3) is 3.99. The third-order valence-corrected chi connectivity index (χ3v) is 11.3. The average Bonchev–Trinajstić information content (AvgIpc) is 3.52. The molecule has 0 aromatic heterocycles. The summed E-state index contributed by atoms with van der Waals surface area (Å²) in [7, 11) is 0. The zero-order valence-electron chi connectivity index (χ0n) is 25.4. The van der Waals surface area contributed by atoms with E-state index in [4.69, 9.17) is 0 Å². The second kappa shape index (κ2) is 10.0. The molecule has 0 N–H and O–H groups in total. The van der Waals surface area contributed by atoms with Crippen LogP contribution in [0, 0.1) is 6.92 Å². The highest BCUT2D eigenvalue weighted by Gasteiger charge is 2.37. The van der Waals surface area contributed by atoms with E-state index in [0.29, 0.717) is 5.92 Å². The number of hydrogen-bond donors (Lipinski definition) is 0. The molecule has 0 bridgehead atoms. The zero-order chi connectivity index (χ0) is 29.3. The lowest BCUT2D eigenvalue weighted by Crippen LogP contribution is -2.18. The second-order valence-electron chi connectivity index (χ2n) is 12.8. The van der Waals surface area contributed by atoms with Gasteiger partial charge in [-0.1, -0.05) is 111 Å². The van der Waals surface area contributed by atoms with Crippen molar-refractivity contribution < 1.29 is 0 Å². The van der Waals surface area contributed by atoms with Gasteiger partial charge in [-0.15, -0.1) is 0 Å². The maximum Gasteiger partial charge on any atom is 0.0604 e. The van der Waals surface area contributed by atoms with Crippen molar-refractivity contribution in [2.45, 2.75) is 63.2 Å². The van der Waals surface area contributed by atoms with Crippen LogP contribution in [0.2, 0.25) is 0 Å². The Hall–Kier alpha value is -4.01. The predicted molar refractivity (Wildman–Crippen MR) is 186 cm³/mol. The largest absolute Gasteiger partial charge is 0.309 e. The lowest BCUT2D eigenvalue weighted by Gasteiger charge is -2.32. The molecular weight excluding hydrogens is 539 g/mol. The normalized spacial score (nSPS) is 18.6. The van der Waals surface area contributed by atoms with E-state index in [9.17, 15) is 0 Å². The summed E-state index contributed by atoms with van der Waals surface area (Å²) in [4.78, 5) is 5.43. The van der Waals surface area contributed by atoms with E-state index in [0.717, 1.165) is 19.3 Å². The molecule has 1 nitrogen and oxygen atoms in total. The molecule has 0 radical (unpaired) electrons. The fourth-order valence-electron chi connectivity index (χ4n) is 7.81. The third-order valence-electron chi connectivity index (χ3n) is 9.98. The van der Waals surface area contributed by atoms with Gasteiger partial charge in [0, 0.05) is 21.9 Å².